The number of aliphatic hydroxyl groups is 1. The molecule has 5 aliphatic rings. The summed E-state index contributed by atoms with van der Waals surface area (Å²) in [5.41, 5.74) is 2.68. The van der Waals surface area contributed by atoms with Gasteiger partial charge in [-0.2, -0.15) is 0 Å². The summed E-state index contributed by atoms with van der Waals surface area (Å²) < 4.78 is 49.2. The predicted molar refractivity (Wildman–Crippen MR) is 211 cm³/mol. The monoisotopic (exact) mass is 784 g/mol. The Kier molecular flexibility index (Phi) is 12.6. The molecule has 1 saturated carbocycles. The van der Waals surface area contributed by atoms with E-state index in [2.05, 4.69) is 31.6 Å². The number of benzene rings is 2. The summed E-state index contributed by atoms with van der Waals surface area (Å²) in [6.07, 6.45) is 9.59. The molecule has 2 aromatic rings. The van der Waals surface area contributed by atoms with E-state index < -0.39 is 26.8 Å². The van der Waals surface area contributed by atoms with Crippen molar-refractivity contribution in [1.29, 1.82) is 0 Å². The fourth-order valence-corrected chi connectivity index (χ4v) is 11.3. The third-order valence-electron chi connectivity index (χ3n) is 12.7. The molecule has 1 aliphatic carbocycles. The van der Waals surface area contributed by atoms with E-state index in [1.54, 1.807) is 18.2 Å². The number of piperazine rings is 1. The quantitative estimate of drug-likeness (QED) is 0.406. The van der Waals surface area contributed by atoms with Gasteiger partial charge in [0.05, 0.1) is 24.2 Å². The van der Waals surface area contributed by atoms with Crippen LogP contribution in [0.4, 0.5) is 5.69 Å². The first kappa shape index (κ1) is 39.5. The van der Waals surface area contributed by atoms with Crippen LogP contribution >= 0.6 is 11.6 Å². The Morgan fingerprint density at radius 3 is 2.72 bits per heavy atom. The van der Waals surface area contributed by atoms with Crippen LogP contribution in [0.15, 0.2) is 48.6 Å². The summed E-state index contributed by atoms with van der Waals surface area (Å²) in [6, 6.07) is 11.5. The van der Waals surface area contributed by atoms with Crippen molar-refractivity contribution in [1.82, 2.24) is 14.5 Å². The van der Waals surface area contributed by atoms with Crippen molar-refractivity contribution in [2.45, 2.75) is 75.4 Å². The van der Waals surface area contributed by atoms with Crippen LogP contribution in [0.3, 0.4) is 0 Å². The number of halogens is 1. The van der Waals surface area contributed by atoms with Gasteiger partial charge in [0.1, 0.15) is 18.0 Å². The molecule has 2 saturated heterocycles. The third-order valence-corrected chi connectivity index (χ3v) is 14.9. The number of aryl methyl sites for hydroxylation is 1. The summed E-state index contributed by atoms with van der Waals surface area (Å²) in [6.45, 7) is 9.50. The summed E-state index contributed by atoms with van der Waals surface area (Å²) >= 11 is 6.41. The molecule has 0 aromatic heterocycles. The van der Waals surface area contributed by atoms with Crippen LogP contribution in [0, 0.1) is 17.8 Å². The Morgan fingerprint density at radius 2 is 1.93 bits per heavy atom. The van der Waals surface area contributed by atoms with Crippen molar-refractivity contribution >= 4 is 33.2 Å². The van der Waals surface area contributed by atoms with Crippen LogP contribution in [0.5, 0.6) is 5.75 Å². The average Bonchev–Trinajstić information content (AvgIpc) is 3.17. The number of amides is 1. The van der Waals surface area contributed by atoms with Crippen LogP contribution in [-0.4, -0.2) is 119 Å². The molecule has 4 heterocycles. The number of hydrogen-bond donors (Lipinski definition) is 2. The van der Waals surface area contributed by atoms with Gasteiger partial charge in [-0.15, -0.1) is 0 Å². The number of sulfonamides is 1. The highest BCUT2D eigenvalue weighted by atomic mass is 35.5. The molecule has 11 nitrogen and oxygen atoms in total. The smallest absolute Gasteiger partial charge is 0.264 e. The maximum absolute atomic E-state index is 13.9. The zero-order valence-electron chi connectivity index (χ0n) is 31.8. The van der Waals surface area contributed by atoms with E-state index in [0.29, 0.717) is 35.8 Å². The van der Waals surface area contributed by atoms with Gasteiger partial charge in [0, 0.05) is 76.2 Å². The van der Waals surface area contributed by atoms with Crippen molar-refractivity contribution in [2.24, 2.45) is 17.8 Å². The minimum absolute atomic E-state index is 0.0178. The van der Waals surface area contributed by atoms with E-state index in [1.807, 2.05) is 32.2 Å². The van der Waals surface area contributed by atoms with Crippen LogP contribution in [0.1, 0.15) is 66.9 Å². The molecule has 1 amide bonds. The molecule has 0 spiro atoms. The number of carbonyl (C=O) groups excluding carboxylic acids is 1. The number of anilines is 1. The van der Waals surface area contributed by atoms with Gasteiger partial charge in [0.15, 0.2) is 0 Å². The van der Waals surface area contributed by atoms with Gasteiger partial charge in [-0.25, -0.2) is 13.1 Å². The fourth-order valence-electron chi connectivity index (χ4n) is 9.45. The molecule has 2 N–H and O–H groups in total. The first-order chi connectivity index (χ1) is 26.1. The van der Waals surface area contributed by atoms with Gasteiger partial charge in [-0.3, -0.25) is 14.6 Å². The van der Waals surface area contributed by atoms with E-state index in [-0.39, 0.29) is 30.4 Å². The molecule has 54 heavy (non-hydrogen) atoms. The molecule has 0 radical (unpaired) electrons. The van der Waals surface area contributed by atoms with Crippen molar-refractivity contribution in [3.8, 4) is 5.75 Å². The average molecular weight is 785 g/mol. The van der Waals surface area contributed by atoms with E-state index in [4.69, 9.17) is 25.8 Å². The topological polar surface area (TPSA) is 121 Å². The largest absolute Gasteiger partial charge is 0.487 e. The number of allylic oxidation sites excluding steroid dienone is 1. The Labute approximate surface area is 326 Å². The molecular formula is C41H57ClN4O7S. The highest BCUT2D eigenvalue weighted by molar-refractivity contribution is 7.90. The van der Waals surface area contributed by atoms with Gasteiger partial charge in [0.2, 0.25) is 10.0 Å². The molecule has 6 atom stereocenters. The van der Waals surface area contributed by atoms with Crippen LogP contribution in [0.2, 0.25) is 5.02 Å². The van der Waals surface area contributed by atoms with E-state index in [1.165, 1.54) is 5.56 Å². The highest BCUT2D eigenvalue weighted by Gasteiger charge is 2.49. The number of methoxy groups -OCH3 is 1. The highest BCUT2D eigenvalue weighted by Crippen LogP contribution is 2.47. The van der Waals surface area contributed by atoms with E-state index in [0.717, 1.165) is 102 Å². The van der Waals surface area contributed by atoms with Crippen LogP contribution in [0.25, 0.3) is 0 Å². The Balaban J connectivity index is 1.26. The van der Waals surface area contributed by atoms with Crippen molar-refractivity contribution < 1.29 is 32.5 Å². The number of morpholine rings is 1. The minimum atomic E-state index is -4.14. The number of ether oxygens (including phenoxy) is 3. The maximum Gasteiger partial charge on any atom is 0.264 e. The number of rotatable bonds is 5. The number of nitrogens with zero attached hydrogens (tertiary/aromatic N) is 3. The molecule has 296 valence electrons. The third kappa shape index (κ3) is 8.65. The number of fused-ring (bicyclic) bond motifs is 4. The molecule has 13 heteroatoms. The molecule has 1 unspecified atom stereocenters. The van der Waals surface area contributed by atoms with Gasteiger partial charge >= 0.3 is 0 Å². The molecular weight excluding hydrogens is 728 g/mol. The second kappa shape index (κ2) is 17.2. The lowest BCUT2D eigenvalue weighted by molar-refractivity contribution is -0.108. The number of hydrogen-bond acceptors (Lipinski definition) is 10. The predicted octanol–water partition coefficient (Wildman–Crippen LogP) is 4.90. The van der Waals surface area contributed by atoms with Crippen LogP contribution < -0.4 is 14.4 Å². The molecule has 7 rings (SSSR count). The Morgan fingerprint density at radius 1 is 1.06 bits per heavy atom. The fraction of sp³-hybridized carbons (Fsp3) is 0.634. The Bertz CT molecular complexity index is 1780. The lowest BCUT2D eigenvalue weighted by Crippen LogP contribution is -2.62. The lowest BCUT2D eigenvalue weighted by Gasteiger charge is -2.53. The molecule has 2 bridgehead atoms. The first-order valence-electron chi connectivity index (χ1n) is 19.8. The van der Waals surface area contributed by atoms with Crippen LogP contribution in [-0.2, 0) is 32.5 Å². The second-order valence-electron chi connectivity index (χ2n) is 16.0. The van der Waals surface area contributed by atoms with Gasteiger partial charge in [-0.1, -0.05) is 36.7 Å². The summed E-state index contributed by atoms with van der Waals surface area (Å²) in [5, 5.41) is 9.70. The van der Waals surface area contributed by atoms with Crippen molar-refractivity contribution in [3.63, 3.8) is 0 Å². The van der Waals surface area contributed by atoms with Gasteiger partial charge in [0.25, 0.3) is 5.91 Å². The second-order valence-corrected chi connectivity index (χ2v) is 18.4. The number of aliphatic hydroxyl groups excluding tert-OH is 1. The number of carbonyl (C=O) groups is 1. The number of nitrogens with one attached hydrogen (secondary N) is 1. The normalized spacial score (nSPS) is 31.7. The standard InChI is InChI=1S/C41H57ClN4O7S/c1-29-6-5-15-41(51-2,28-44-17-18-45-19-21-52-27-35(45)25-44)36-12-9-32(36)24-46-16-4-3-7-30-22-34(42)11-8-33(30)26-53-38-13-10-31(23-37(38)46)40(48)43-54(49,50)39(29)14-20-47/h5,8,10-11,13,15,22-23,29,32,35-36,39,47H,3-4,6-7,9,12,14,16-21,24-28H2,1-2H3,(H,43,48)/b15-5+/t29-,32-,35-,36+,39?,41-/m0/s1. The van der Waals surface area contributed by atoms with Gasteiger partial charge in [-0.05, 0) is 104 Å². The molecule has 4 aliphatic heterocycles. The minimum Gasteiger partial charge on any atom is -0.487 e. The summed E-state index contributed by atoms with van der Waals surface area (Å²) in [4.78, 5) is 21.2. The van der Waals surface area contributed by atoms with E-state index in [9.17, 15) is 18.3 Å². The Hall–Kier alpha value is -2.71. The zero-order chi connectivity index (χ0) is 37.9. The van der Waals surface area contributed by atoms with Gasteiger partial charge < -0.3 is 24.2 Å². The molecule has 3 fully saturated rings. The van der Waals surface area contributed by atoms with E-state index >= 15 is 0 Å². The zero-order valence-corrected chi connectivity index (χ0v) is 33.3. The SMILES string of the molecule is CO[C@]1(CN2CCN3CCOC[C@@H]3C2)/C=C/C[C@H](C)C(CCO)S(=O)(=O)NC(=O)c2ccc3c(c2)N(CCCCc2cc(Cl)ccc2CO3)C[C@@H]2CC[C@H]21. The summed E-state index contributed by atoms with van der Waals surface area (Å²) in [7, 11) is -2.32. The van der Waals surface area contributed by atoms with Crippen molar-refractivity contribution in [3.05, 3.63) is 70.3 Å². The summed E-state index contributed by atoms with van der Waals surface area (Å²) in [5.74, 6) is 0.128. The first-order valence-corrected chi connectivity index (χ1v) is 21.7. The maximum atomic E-state index is 13.9. The van der Waals surface area contributed by atoms with Crippen molar-refractivity contribution in [2.75, 3.05) is 77.6 Å². The molecule has 2 aromatic carbocycles. The lowest BCUT2D eigenvalue weighted by atomic mass is 9.63.